The number of likely N-dealkylation sites (tertiary alicyclic amines) is 1. The molecule has 0 spiro atoms. The minimum atomic E-state index is 0.492. The van der Waals surface area contributed by atoms with Gasteiger partial charge in [-0.2, -0.15) is 0 Å². The second kappa shape index (κ2) is 6.53. The zero-order valence-electron chi connectivity index (χ0n) is 12.8. The topological polar surface area (TPSA) is 15.3 Å². The standard InChI is InChI=1S/C17H28N2/c1-13-10-14(2)15(3)19(12-13)17(11-18-4)16-8-6-5-7-9-16/h5-9,13-15,17-18H,10-12H2,1-4H3. The Bertz CT molecular complexity index is 376. The van der Waals surface area contributed by atoms with Gasteiger partial charge in [0.15, 0.2) is 0 Å². The highest BCUT2D eigenvalue weighted by Gasteiger charge is 2.33. The lowest BCUT2D eigenvalue weighted by Gasteiger charge is -2.45. The Kier molecular flexibility index (Phi) is 5.00. The maximum atomic E-state index is 3.37. The van der Waals surface area contributed by atoms with Gasteiger partial charge in [0.1, 0.15) is 0 Å². The molecule has 1 aliphatic rings. The van der Waals surface area contributed by atoms with E-state index < -0.39 is 0 Å². The van der Waals surface area contributed by atoms with Gasteiger partial charge < -0.3 is 5.32 Å². The Balaban J connectivity index is 2.22. The van der Waals surface area contributed by atoms with Crippen LogP contribution in [0.15, 0.2) is 30.3 Å². The van der Waals surface area contributed by atoms with Crippen molar-refractivity contribution in [3.8, 4) is 0 Å². The van der Waals surface area contributed by atoms with E-state index in [9.17, 15) is 0 Å². The van der Waals surface area contributed by atoms with Gasteiger partial charge in [-0.15, -0.1) is 0 Å². The average Bonchev–Trinajstić information content (AvgIpc) is 2.41. The fraction of sp³-hybridized carbons (Fsp3) is 0.647. The molecule has 0 aliphatic carbocycles. The van der Waals surface area contributed by atoms with Crippen LogP contribution in [0.4, 0.5) is 0 Å². The highest BCUT2D eigenvalue weighted by Crippen LogP contribution is 2.33. The number of nitrogens with zero attached hydrogens (tertiary/aromatic N) is 1. The molecule has 1 heterocycles. The molecule has 0 saturated carbocycles. The van der Waals surface area contributed by atoms with Crippen LogP contribution in [0.1, 0.15) is 38.8 Å². The first-order chi connectivity index (χ1) is 9.13. The fourth-order valence-electron chi connectivity index (χ4n) is 3.47. The summed E-state index contributed by atoms with van der Waals surface area (Å²) in [7, 11) is 2.05. The highest BCUT2D eigenvalue weighted by atomic mass is 15.2. The van der Waals surface area contributed by atoms with Crippen molar-refractivity contribution in [3.05, 3.63) is 35.9 Å². The van der Waals surface area contributed by atoms with Crippen LogP contribution in [-0.4, -0.2) is 31.1 Å². The van der Waals surface area contributed by atoms with Gasteiger partial charge in [-0.05, 0) is 37.8 Å². The molecule has 1 aromatic carbocycles. The average molecular weight is 260 g/mol. The molecule has 0 bridgehead atoms. The molecule has 4 atom stereocenters. The molecule has 1 aromatic rings. The number of nitrogens with one attached hydrogen (secondary N) is 1. The van der Waals surface area contributed by atoms with Crippen LogP contribution < -0.4 is 5.32 Å². The maximum absolute atomic E-state index is 3.37. The first kappa shape index (κ1) is 14.5. The first-order valence-electron chi connectivity index (χ1n) is 7.58. The second-order valence-electron chi connectivity index (χ2n) is 6.24. The number of benzene rings is 1. The Hall–Kier alpha value is -0.860. The van der Waals surface area contributed by atoms with E-state index in [1.54, 1.807) is 0 Å². The normalized spacial score (nSPS) is 30.2. The molecule has 1 aliphatic heterocycles. The van der Waals surface area contributed by atoms with Crippen molar-refractivity contribution in [2.24, 2.45) is 11.8 Å². The van der Waals surface area contributed by atoms with E-state index in [2.05, 4.69) is 68.4 Å². The molecule has 0 radical (unpaired) electrons. The van der Waals surface area contributed by atoms with Crippen molar-refractivity contribution >= 4 is 0 Å². The molecule has 1 N–H and O–H groups in total. The monoisotopic (exact) mass is 260 g/mol. The summed E-state index contributed by atoms with van der Waals surface area (Å²) in [6.07, 6.45) is 1.36. The molecule has 4 unspecified atom stereocenters. The van der Waals surface area contributed by atoms with E-state index >= 15 is 0 Å². The number of hydrogen-bond acceptors (Lipinski definition) is 2. The highest BCUT2D eigenvalue weighted by molar-refractivity contribution is 5.20. The summed E-state index contributed by atoms with van der Waals surface area (Å²) in [6.45, 7) is 9.41. The molecule has 1 saturated heterocycles. The molecule has 2 nitrogen and oxygen atoms in total. The minimum absolute atomic E-state index is 0.492. The van der Waals surface area contributed by atoms with E-state index in [0.717, 1.165) is 18.4 Å². The molecule has 0 aromatic heterocycles. The summed E-state index contributed by atoms with van der Waals surface area (Å²) in [5.41, 5.74) is 1.44. The molecule has 0 amide bonds. The molecule has 1 fully saturated rings. The van der Waals surface area contributed by atoms with Crippen LogP contribution in [0.2, 0.25) is 0 Å². The van der Waals surface area contributed by atoms with Crippen molar-refractivity contribution in [3.63, 3.8) is 0 Å². The van der Waals surface area contributed by atoms with Crippen LogP contribution in [0, 0.1) is 11.8 Å². The third-order valence-corrected chi connectivity index (χ3v) is 4.63. The number of hydrogen-bond donors (Lipinski definition) is 1. The van der Waals surface area contributed by atoms with Gasteiger partial charge in [0, 0.05) is 25.2 Å². The lowest BCUT2D eigenvalue weighted by molar-refractivity contribution is 0.0399. The van der Waals surface area contributed by atoms with Gasteiger partial charge >= 0.3 is 0 Å². The Morgan fingerprint density at radius 1 is 1.21 bits per heavy atom. The number of likely N-dealkylation sites (N-methyl/N-ethyl adjacent to an activating group) is 1. The summed E-state index contributed by atoms with van der Waals surface area (Å²) in [4.78, 5) is 2.70. The van der Waals surface area contributed by atoms with E-state index in [0.29, 0.717) is 12.1 Å². The van der Waals surface area contributed by atoms with Gasteiger partial charge in [0.25, 0.3) is 0 Å². The Morgan fingerprint density at radius 2 is 1.89 bits per heavy atom. The zero-order valence-corrected chi connectivity index (χ0v) is 12.8. The van der Waals surface area contributed by atoms with Gasteiger partial charge in [0.2, 0.25) is 0 Å². The van der Waals surface area contributed by atoms with Crippen molar-refractivity contribution in [2.75, 3.05) is 20.1 Å². The zero-order chi connectivity index (χ0) is 13.8. The summed E-state index contributed by atoms with van der Waals surface area (Å²) < 4.78 is 0. The fourth-order valence-corrected chi connectivity index (χ4v) is 3.47. The van der Waals surface area contributed by atoms with Gasteiger partial charge in [0.05, 0.1) is 0 Å². The van der Waals surface area contributed by atoms with Crippen molar-refractivity contribution in [1.29, 1.82) is 0 Å². The summed E-state index contributed by atoms with van der Waals surface area (Å²) >= 11 is 0. The van der Waals surface area contributed by atoms with E-state index in [4.69, 9.17) is 0 Å². The van der Waals surface area contributed by atoms with E-state index in [1.807, 2.05) is 0 Å². The predicted octanol–water partition coefficient (Wildman–Crippen LogP) is 3.31. The Morgan fingerprint density at radius 3 is 2.53 bits per heavy atom. The van der Waals surface area contributed by atoms with Crippen LogP contribution in [0.25, 0.3) is 0 Å². The first-order valence-corrected chi connectivity index (χ1v) is 7.58. The van der Waals surface area contributed by atoms with Crippen LogP contribution in [-0.2, 0) is 0 Å². The second-order valence-corrected chi connectivity index (χ2v) is 6.24. The molecule has 106 valence electrons. The lowest BCUT2D eigenvalue weighted by Crippen LogP contribution is -2.49. The smallest absolute Gasteiger partial charge is 0.0475 e. The maximum Gasteiger partial charge on any atom is 0.0475 e. The largest absolute Gasteiger partial charge is 0.318 e. The van der Waals surface area contributed by atoms with Crippen molar-refractivity contribution in [1.82, 2.24) is 10.2 Å². The third kappa shape index (κ3) is 3.37. The minimum Gasteiger partial charge on any atom is -0.318 e. The quantitative estimate of drug-likeness (QED) is 0.893. The molecular formula is C17H28N2. The van der Waals surface area contributed by atoms with E-state index in [1.165, 1.54) is 18.5 Å². The lowest BCUT2D eigenvalue weighted by atomic mass is 9.84. The summed E-state index contributed by atoms with van der Waals surface area (Å²) in [5, 5.41) is 3.37. The van der Waals surface area contributed by atoms with Crippen LogP contribution >= 0.6 is 0 Å². The SMILES string of the molecule is CNCC(c1ccccc1)N1CC(C)CC(C)C1C. The van der Waals surface area contributed by atoms with Crippen molar-refractivity contribution in [2.45, 2.75) is 39.3 Å². The molecular weight excluding hydrogens is 232 g/mol. The predicted molar refractivity (Wildman–Crippen MR) is 82.2 cm³/mol. The summed E-state index contributed by atoms with van der Waals surface area (Å²) in [5.74, 6) is 1.58. The van der Waals surface area contributed by atoms with Gasteiger partial charge in [-0.1, -0.05) is 44.2 Å². The summed E-state index contributed by atoms with van der Waals surface area (Å²) in [6, 6.07) is 12.1. The van der Waals surface area contributed by atoms with Gasteiger partial charge in [-0.3, -0.25) is 4.90 Å². The van der Waals surface area contributed by atoms with Gasteiger partial charge in [-0.25, -0.2) is 0 Å². The number of rotatable bonds is 4. The third-order valence-electron chi connectivity index (χ3n) is 4.63. The Labute approximate surface area is 118 Å². The number of piperidine rings is 1. The molecule has 2 heteroatoms. The van der Waals surface area contributed by atoms with Crippen molar-refractivity contribution < 1.29 is 0 Å². The van der Waals surface area contributed by atoms with E-state index in [-0.39, 0.29) is 0 Å². The molecule has 2 rings (SSSR count). The van der Waals surface area contributed by atoms with Crippen LogP contribution in [0.5, 0.6) is 0 Å². The van der Waals surface area contributed by atoms with Crippen LogP contribution in [0.3, 0.4) is 0 Å². The molecule has 19 heavy (non-hydrogen) atoms.